The summed E-state index contributed by atoms with van der Waals surface area (Å²) >= 11 is 1.55. The van der Waals surface area contributed by atoms with Crippen LogP contribution in [0, 0.1) is 6.92 Å². The molecule has 2 heterocycles. The van der Waals surface area contributed by atoms with Crippen molar-refractivity contribution in [2.24, 2.45) is 0 Å². The number of thiazole rings is 1. The Morgan fingerprint density at radius 1 is 1.38 bits per heavy atom. The maximum Gasteiger partial charge on any atom is 0.247 e. The number of hydrogen-bond donors (Lipinski definition) is 2. The Bertz CT molecular complexity index is 1010. The van der Waals surface area contributed by atoms with Crippen LogP contribution in [0.3, 0.4) is 0 Å². The average molecular weight is 366 g/mol. The van der Waals surface area contributed by atoms with Crippen LogP contribution in [0.1, 0.15) is 5.01 Å². The van der Waals surface area contributed by atoms with Crippen LogP contribution in [-0.4, -0.2) is 40.6 Å². The van der Waals surface area contributed by atoms with Gasteiger partial charge in [-0.25, -0.2) is 13.4 Å². The van der Waals surface area contributed by atoms with Crippen molar-refractivity contribution in [1.82, 2.24) is 20.0 Å². The summed E-state index contributed by atoms with van der Waals surface area (Å²) in [7, 11) is -3.43. The van der Waals surface area contributed by atoms with E-state index in [0.717, 1.165) is 26.3 Å². The molecule has 2 N–H and O–H groups in total. The number of rotatable bonds is 5. The minimum absolute atomic E-state index is 0.0619. The normalized spacial score (nSPS) is 11.6. The molecule has 0 spiro atoms. The van der Waals surface area contributed by atoms with Crippen molar-refractivity contribution in [3.8, 4) is 0 Å². The molecule has 0 saturated heterocycles. The number of sulfonamides is 1. The van der Waals surface area contributed by atoms with Gasteiger partial charge < -0.3 is 5.32 Å². The van der Waals surface area contributed by atoms with Crippen LogP contribution >= 0.6 is 11.3 Å². The average Bonchev–Trinajstić information content (AvgIpc) is 3.01. The molecule has 0 radical (unpaired) electrons. The van der Waals surface area contributed by atoms with E-state index < -0.39 is 10.0 Å². The number of benzene rings is 1. The number of carbonyl (C=O) groups excluding carboxylic acids is 1. The zero-order valence-corrected chi connectivity index (χ0v) is 14.5. The summed E-state index contributed by atoms with van der Waals surface area (Å²) in [5, 5.41) is 11.4. The highest BCUT2D eigenvalue weighted by Crippen LogP contribution is 2.24. The Kier molecular flexibility index (Phi) is 4.20. The van der Waals surface area contributed by atoms with Gasteiger partial charge in [-0.2, -0.15) is 9.90 Å². The minimum atomic E-state index is -3.43. The van der Waals surface area contributed by atoms with Crippen molar-refractivity contribution in [2.75, 3.05) is 16.3 Å². The summed E-state index contributed by atoms with van der Waals surface area (Å²) in [6.07, 6.45) is 2.25. The quantitative estimate of drug-likeness (QED) is 0.700. The Hall–Kier alpha value is -2.53. The molecule has 0 atom stereocenters. The SMILES string of the molecule is Cc1nc2ccc(NC(=O)Cn3ncc(NS(C)(=O)=O)n3)cc2s1. The molecule has 1 amide bonds. The van der Waals surface area contributed by atoms with Gasteiger partial charge in [-0.15, -0.1) is 16.4 Å². The van der Waals surface area contributed by atoms with Crippen LogP contribution < -0.4 is 10.0 Å². The number of amides is 1. The molecule has 2 aromatic heterocycles. The minimum Gasteiger partial charge on any atom is -0.324 e. The summed E-state index contributed by atoms with van der Waals surface area (Å²) in [6, 6.07) is 5.46. The number of aryl methyl sites for hydroxylation is 1. The van der Waals surface area contributed by atoms with Crippen LogP contribution in [0.15, 0.2) is 24.4 Å². The second kappa shape index (κ2) is 6.17. The summed E-state index contributed by atoms with van der Waals surface area (Å²) in [4.78, 5) is 17.5. The fourth-order valence-electron chi connectivity index (χ4n) is 2.06. The van der Waals surface area contributed by atoms with E-state index in [-0.39, 0.29) is 18.3 Å². The highest BCUT2D eigenvalue weighted by atomic mass is 32.2. The molecule has 0 unspecified atom stereocenters. The number of carbonyl (C=O) groups is 1. The van der Waals surface area contributed by atoms with E-state index in [4.69, 9.17) is 0 Å². The molecule has 0 bridgehead atoms. The number of nitrogens with one attached hydrogen (secondary N) is 2. The van der Waals surface area contributed by atoms with Gasteiger partial charge in [0.1, 0.15) is 6.54 Å². The highest BCUT2D eigenvalue weighted by molar-refractivity contribution is 7.92. The van der Waals surface area contributed by atoms with Gasteiger partial charge in [0.05, 0.1) is 27.7 Å². The number of fused-ring (bicyclic) bond motifs is 1. The van der Waals surface area contributed by atoms with Crippen molar-refractivity contribution >= 4 is 49.0 Å². The maximum atomic E-state index is 12.1. The predicted octanol–water partition coefficient (Wildman–Crippen LogP) is 1.21. The van der Waals surface area contributed by atoms with Crippen molar-refractivity contribution in [2.45, 2.75) is 13.5 Å². The first-order valence-electron chi connectivity index (χ1n) is 6.83. The van der Waals surface area contributed by atoms with Gasteiger partial charge in [0, 0.05) is 5.69 Å². The van der Waals surface area contributed by atoms with Crippen LogP contribution in [0.2, 0.25) is 0 Å². The van der Waals surface area contributed by atoms with E-state index in [0.29, 0.717) is 5.69 Å². The number of nitrogens with zero attached hydrogens (tertiary/aromatic N) is 4. The molecule has 0 aliphatic carbocycles. The lowest BCUT2D eigenvalue weighted by molar-refractivity contribution is -0.117. The number of hydrogen-bond acceptors (Lipinski definition) is 7. The third-order valence-corrected chi connectivity index (χ3v) is 4.40. The molecule has 3 rings (SSSR count). The molecule has 0 saturated carbocycles. The van der Waals surface area contributed by atoms with E-state index in [1.807, 2.05) is 19.1 Å². The summed E-state index contributed by atoms with van der Waals surface area (Å²) in [6.45, 7) is 1.79. The molecule has 0 aliphatic rings. The molecule has 126 valence electrons. The van der Waals surface area contributed by atoms with E-state index >= 15 is 0 Å². The largest absolute Gasteiger partial charge is 0.324 e. The third kappa shape index (κ3) is 4.06. The molecule has 0 fully saturated rings. The van der Waals surface area contributed by atoms with Crippen molar-refractivity contribution in [1.29, 1.82) is 0 Å². The number of anilines is 2. The van der Waals surface area contributed by atoms with Gasteiger partial charge in [-0.05, 0) is 25.1 Å². The first kappa shape index (κ1) is 16.3. The highest BCUT2D eigenvalue weighted by Gasteiger charge is 2.10. The second-order valence-corrected chi connectivity index (χ2v) is 8.08. The second-order valence-electron chi connectivity index (χ2n) is 5.10. The van der Waals surface area contributed by atoms with Crippen LogP contribution in [0.25, 0.3) is 10.2 Å². The molecule has 0 aliphatic heterocycles. The fraction of sp³-hybridized carbons (Fsp3) is 0.231. The van der Waals surface area contributed by atoms with E-state index in [1.54, 1.807) is 17.4 Å². The number of aromatic nitrogens is 4. The summed E-state index contributed by atoms with van der Waals surface area (Å²) in [5.74, 6) is -0.260. The molecule has 3 aromatic rings. The molecule has 9 nitrogen and oxygen atoms in total. The molecule has 1 aromatic carbocycles. The van der Waals surface area contributed by atoms with E-state index in [9.17, 15) is 13.2 Å². The first-order chi connectivity index (χ1) is 11.3. The standard InChI is InChI=1S/C13H14N6O3S2/c1-8-15-10-4-3-9(5-11(10)23-8)16-13(20)7-19-14-6-12(17-19)18-24(2,21)22/h3-6H,7H2,1-2H3,(H,16,20)(H,17,18). The van der Waals surface area contributed by atoms with Crippen molar-refractivity contribution < 1.29 is 13.2 Å². The third-order valence-electron chi connectivity index (χ3n) is 2.89. The lowest BCUT2D eigenvalue weighted by Gasteiger charge is -2.04. The Morgan fingerprint density at radius 2 is 2.17 bits per heavy atom. The van der Waals surface area contributed by atoms with Gasteiger partial charge in [-0.3, -0.25) is 9.52 Å². The zero-order valence-electron chi connectivity index (χ0n) is 12.8. The lowest BCUT2D eigenvalue weighted by Crippen LogP contribution is -2.20. The Morgan fingerprint density at radius 3 is 2.92 bits per heavy atom. The predicted molar refractivity (Wildman–Crippen MR) is 91.5 cm³/mol. The Labute approximate surface area is 141 Å². The van der Waals surface area contributed by atoms with Gasteiger partial charge in [0.25, 0.3) is 0 Å². The van der Waals surface area contributed by atoms with Gasteiger partial charge in [-0.1, -0.05) is 0 Å². The lowest BCUT2D eigenvalue weighted by atomic mass is 10.3. The molecule has 24 heavy (non-hydrogen) atoms. The first-order valence-corrected chi connectivity index (χ1v) is 9.54. The molecular weight excluding hydrogens is 352 g/mol. The van der Waals surface area contributed by atoms with Gasteiger partial charge in [0.15, 0.2) is 5.82 Å². The fourth-order valence-corrected chi connectivity index (χ4v) is 3.40. The van der Waals surface area contributed by atoms with Gasteiger partial charge >= 0.3 is 0 Å². The Balaban J connectivity index is 1.66. The van der Waals surface area contributed by atoms with Crippen LogP contribution in [0.5, 0.6) is 0 Å². The van der Waals surface area contributed by atoms with Crippen molar-refractivity contribution in [3.05, 3.63) is 29.4 Å². The summed E-state index contributed by atoms with van der Waals surface area (Å²) < 4.78 is 25.4. The van der Waals surface area contributed by atoms with E-state index in [1.165, 1.54) is 6.20 Å². The van der Waals surface area contributed by atoms with Crippen molar-refractivity contribution in [3.63, 3.8) is 0 Å². The smallest absolute Gasteiger partial charge is 0.247 e. The van der Waals surface area contributed by atoms with E-state index in [2.05, 4.69) is 25.2 Å². The molecular formula is C13H14N6O3S2. The maximum absolute atomic E-state index is 12.1. The summed E-state index contributed by atoms with van der Waals surface area (Å²) in [5.41, 5.74) is 1.54. The monoisotopic (exact) mass is 366 g/mol. The topological polar surface area (TPSA) is 119 Å². The van der Waals surface area contributed by atoms with Crippen LogP contribution in [-0.2, 0) is 21.4 Å². The van der Waals surface area contributed by atoms with Gasteiger partial charge in [0.2, 0.25) is 15.9 Å². The van der Waals surface area contributed by atoms with Crippen LogP contribution in [0.4, 0.5) is 11.5 Å². The zero-order chi connectivity index (χ0) is 17.3. The molecule has 11 heteroatoms.